The number of halogens is 1. The largest absolute Gasteiger partial charge is 0.310 e. The number of aromatic nitrogens is 1. The summed E-state index contributed by atoms with van der Waals surface area (Å²) >= 11 is 3.40. The van der Waals surface area contributed by atoms with E-state index in [-0.39, 0.29) is 11.8 Å². The minimum Gasteiger partial charge on any atom is -0.310 e. The Morgan fingerprint density at radius 3 is 2.67 bits per heavy atom. The molecular formula is C14H19BrN2O. The van der Waals surface area contributed by atoms with Gasteiger partial charge in [0.05, 0.1) is 0 Å². The first-order chi connectivity index (χ1) is 8.56. The van der Waals surface area contributed by atoms with Crippen LogP contribution in [0, 0.1) is 18.8 Å². The van der Waals surface area contributed by atoms with Crippen LogP contribution in [0.5, 0.6) is 0 Å². The lowest BCUT2D eigenvalue weighted by Gasteiger charge is -2.25. The zero-order valence-corrected chi connectivity index (χ0v) is 12.5. The molecule has 0 bridgehead atoms. The molecule has 1 aromatic heterocycles. The van der Waals surface area contributed by atoms with Gasteiger partial charge in [-0.25, -0.2) is 4.98 Å². The molecule has 3 nitrogen and oxygen atoms in total. The van der Waals surface area contributed by atoms with E-state index >= 15 is 0 Å². The molecule has 4 heteroatoms. The molecule has 1 aliphatic rings. The van der Waals surface area contributed by atoms with Gasteiger partial charge in [-0.1, -0.05) is 6.92 Å². The topological polar surface area (TPSA) is 42.0 Å². The lowest BCUT2D eigenvalue weighted by Crippen LogP contribution is -2.26. The Kier molecular flexibility index (Phi) is 4.38. The van der Waals surface area contributed by atoms with E-state index in [1.165, 1.54) is 0 Å². The second-order valence-electron chi connectivity index (χ2n) is 5.26. The zero-order chi connectivity index (χ0) is 13.1. The summed E-state index contributed by atoms with van der Waals surface area (Å²) in [7, 11) is 0. The molecule has 0 unspecified atom stereocenters. The number of amides is 1. The summed E-state index contributed by atoms with van der Waals surface area (Å²) in [6, 6.07) is 1.90. The monoisotopic (exact) mass is 310 g/mol. The van der Waals surface area contributed by atoms with Crippen molar-refractivity contribution in [3.63, 3.8) is 0 Å². The van der Waals surface area contributed by atoms with E-state index in [0.717, 1.165) is 41.6 Å². The molecule has 1 fully saturated rings. The first-order valence-electron chi connectivity index (χ1n) is 6.49. The summed E-state index contributed by atoms with van der Waals surface area (Å²) in [5.74, 6) is 1.70. The van der Waals surface area contributed by atoms with Gasteiger partial charge in [0.1, 0.15) is 5.82 Å². The quantitative estimate of drug-likeness (QED) is 0.899. The van der Waals surface area contributed by atoms with Gasteiger partial charge in [0.15, 0.2) is 0 Å². The predicted molar refractivity (Wildman–Crippen MR) is 76.4 cm³/mol. The summed E-state index contributed by atoms with van der Waals surface area (Å²) in [6.07, 6.45) is 6.05. The standard InChI is InChI=1S/C14H19BrN2O/c1-9-3-5-11(6-4-9)14(18)17-13-7-10(2)12(15)8-16-13/h7-9,11H,3-6H2,1-2H3,(H,16,17,18). The highest BCUT2D eigenvalue weighted by atomic mass is 79.9. The average Bonchev–Trinajstić information content (AvgIpc) is 2.34. The first kappa shape index (κ1) is 13.5. The molecule has 1 aromatic rings. The van der Waals surface area contributed by atoms with Gasteiger partial charge >= 0.3 is 0 Å². The maximum atomic E-state index is 12.1. The van der Waals surface area contributed by atoms with Gasteiger partial charge in [-0.15, -0.1) is 0 Å². The maximum absolute atomic E-state index is 12.1. The Balaban J connectivity index is 1.96. The van der Waals surface area contributed by atoms with Crippen LogP contribution in [0.2, 0.25) is 0 Å². The van der Waals surface area contributed by atoms with E-state index in [1.807, 2.05) is 13.0 Å². The van der Waals surface area contributed by atoms with Crippen molar-refractivity contribution >= 4 is 27.7 Å². The summed E-state index contributed by atoms with van der Waals surface area (Å²) in [4.78, 5) is 16.3. The minimum absolute atomic E-state index is 0.121. The normalized spacial score (nSPS) is 23.7. The third kappa shape index (κ3) is 3.31. The number of nitrogens with one attached hydrogen (secondary N) is 1. The van der Waals surface area contributed by atoms with Crippen LogP contribution < -0.4 is 5.32 Å². The fourth-order valence-electron chi connectivity index (χ4n) is 2.36. The number of hydrogen-bond acceptors (Lipinski definition) is 2. The fraction of sp³-hybridized carbons (Fsp3) is 0.571. The summed E-state index contributed by atoms with van der Waals surface area (Å²) in [6.45, 7) is 4.25. The van der Waals surface area contributed by atoms with Crippen LogP contribution in [0.3, 0.4) is 0 Å². The average molecular weight is 311 g/mol. The molecule has 0 atom stereocenters. The van der Waals surface area contributed by atoms with E-state index < -0.39 is 0 Å². The highest BCUT2D eigenvalue weighted by Gasteiger charge is 2.24. The summed E-state index contributed by atoms with van der Waals surface area (Å²) in [5, 5.41) is 2.92. The maximum Gasteiger partial charge on any atom is 0.228 e. The zero-order valence-electron chi connectivity index (χ0n) is 10.9. The molecule has 0 radical (unpaired) electrons. The number of hydrogen-bond donors (Lipinski definition) is 1. The molecule has 1 saturated carbocycles. The Labute approximate surface area is 117 Å². The van der Waals surface area contributed by atoms with Gasteiger partial charge in [-0.05, 0) is 66.1 Å². The molecule has 1 amide bonds. The van der Waals surface area contributed by atoms with E-state index in [1.54, 1.807) is 6.20 Å². The van der Waals surface area contributed by atoms with Crippen LogP contribution in [0.15, 0.2) is 16.7 Å². The Bertz CT molecular complexity index is 439. The van der Waals surface area contributed by atoms with Gasteiger partial charge in [-0.3, -0.25) is 4.79 Å². The van der Waals surface area contributed by atoms with Crippen LogP contribution in [0.4, 0.5) is 5.82 Å². The van der Waals surface area contributed by atoms with Gasteiger partial charge in [0, 0.05) is 16.6 Å². The summed E-state index contributed by atoms with van der Waals surface area (Å²) in [5.41, 5.74) is 1.08. The van der Waals surface area contributed by atoms with Crippen LogP contribution in [-0.2, 0) is 4.79 Å². The molecule has 2 rings (SSSR count). The number of pyridine rings is 1. The fourth-order valence-corrected chi connectivity index (χ4v) is 2.58. The third-order valence-corrected chi connectivity index (χ3v) is 4.52. The number of carbonyl (C=O) groups is 1. The van der Waals surface area contributed by atoms with Crippen molar-refractivity contribution < 1.29 is 4.79 Å². The molecule has 18 heavy (non-hydrogen) atoms. The highest BCUT2D eigenvalue weighted by Crippen LogP contribution is 2.29. The molecule has 1 heterocycles. The Hall–Kier alpha value is -0.900. The summed E-state index contributed by atoms with van der Waals surface area (Å²) < 4.78 is 0.965. The van der Waals surface area contributed by atoms with Crippen molar-refractivity contribution in [2.45, 2.75) is 39.5 Å². The number of rotatable bonds is 2. The van der Waals surface area contributed by atoms with Gasteiger partial charge < -0.3 is 5.32 Å². The lowest BCUT2D eigenvalue weighted by molar-refractivity contribution is -0.121. The lowest BCUT2D eigenvalue weighted by atomic mass is 9.82. The molecule has 0 saturated heterocycles. The molecule has 0 aromatic carbocycles. The van der Waals surface area contributed by atoms with E-state index in [4.69, 9.17) is 0 Å². The Morgan fingerprint density at radius 2 is 2.06 bits per heavy atom. The number of nitrogens with zero attached hydrogens (tertiary/aromatic N) is 1. The van der Waals surface area contributed by atoms with Gasteiger partial charge in [0.25, 0.3) is 0 Å². The molecule has 1 N–H and O–H groups in total. The van der Waals surface area contributed by atoms with Gasteiger partial charge in [0.2, 0.25) is 5.91 Å². The van der Waals surface area contributed by atoms with Crippen molar-refractivity contribution in [2.75, 3.05) is 5.32 Å². The van der Waals surface area contributed by atoms with Crippen molar-refractivity contribution in [1.29, 1.82) is 0 Å². The third-order valence-electron chi connectivity index (χ3n) is 3.68. The minimum atomic E-state index is 0.121. The molecule has 0 spiro atoms. The van der Waals surface area contributed by atoms with E-state index in [2.05, 4.69) is 33.2 Å². The first-order valence-corrected chi connectivity index (χ1v) is 7.28. The van der Waals surface area contributed by atoms with Crippen molar-refractivity contribution in [3.05, 3.63) is 22.3 Å². The van der Waals surface area contributed by atoms with Crippen LogP contribution >= 0.6 is 15.9 Å². The van der Waals surface area contributed by atoms with Crippen molar-refractivity contribution in [2.24, 2.45) is 11.8 Å². The number of anilines is 1. The van der Waals surface area contributed by atoms with Crippen LogP contribution in [-0.4, -0.2) is 10.9 Å². The van der Waals surface area contributed by atoms with Crippen LogP contribution in [0.25, 0.3) is 0 Å². The second-order valence-corrected chi connectivity index (χ2v) is 6.12. The van der Waals surface area contributed by atoms with Crippen LogP contribution in [0.1, 0.15) is 38.2 Å². The molecule has 98 valence electrons. The number of aryl methyl sites for hydroxylation is 1. The number of carbonyl (C=O) groups excluding carboxylic acids is 1. The smallest absolute Gasteiger partial charge is 0.228 e. The van der Waals surface area contributed by atoms with Crippen molar-refractivity contribution in [1.82, 2.24) is 4.98 Å². The van der Waals surface area contributed by atoms with Crippen molar-refractivity contribution in [3.8, 4) is 0 Å². The SMILES string of the molecule is Cc1cc(NC(=O)C2CCC(C)CC2)ncc1Br. The highest BCUT2D eigenvalue weighted by molar-refractivity contribution is 9.10. The molecular weight excluding hydrogens is 292 g/mol. The molecule has 1 aliphatic carbocycles. The predicted octanol–water partition coefficient (Wildman–Crippen LogP) is 3.92. The van der Waals surface area contributed by atoms with E-state index in [0.29, 0.717) is 5.82 Å². The van der Waals surface area contributed by atoms with Gasteiger partial charge in [-0.2, -0.15) is 0 Å². The van der Waals surface area contributed by atoms with E-state index in [9.17, 15) is 4.79 Å². The second kappa shape index (κ2) is 5.83. The Morgan fingerprint density at radius 1 is 1.39 bits per heavy atom. The molecule has 0 aliphatic heterocycles.